The number of aromatic nitrogens is 1. The van der Waals surface area contributed by atoms with Crippen LogP contribution in [-0.4, -0.2) is 4.98 Å². The Hall–Kier alpha value is -1.44. The van der Waals surface area contributed by atoms with Crippen molar-refractivity contribution in [1.29, 1.82) is 0 Å². The normalized spacial score (nSPS) is 8.40. The van der Waals surface area contributed by atoms with Crippen molar-refractivity contribution in [2.24, 2.45) is 0 Å². The Morgan fingerprint density at radius 3 is 1.60 bits per heavy atom. The molecule has 0 fully saturated rings. The molecule has 1 aromatic heterocycles. The van der Waals surface area contributed by atoms with Crippen LogP contribution >= 0.6 is 0 Å². The maximum absolute atomic E-state index is 9.44. The Labute approximate surface area is 58.8 Å². The lowest BCUT2D eigenvalue weighted by Gasteiger charge is -1.70. The molecule has 0 spiro atoms. The maximum Gasteiger partial charge on any atom is 0.178 e. The van der Waals surface area contributed by atoms with E-state index in [9.17, 15) is 4.79 Å². The smallest absolute Gasteiger partial charge is 0.178 e. The van der Waals surface area contributed by atoms with Crippen molar-refractivity contribution in [3.05, 3.63) is 52.9 Å². The largest absolute Gasteiger partial charge is 0.290 e. The molecular weight excluding hydrogens is 126 g/mol. The highest BCUT2D eigenvalue weighted by Crippen LogP contribution is 1.73. The lowest BCUT2D eigenvalue weighted by molar-refractivity contribution is 1.33. The molecule has 2 rings (SSSR count). The van der Waals surface area contributed by atoms with Crippen molar-refractivity contribution in [2.75, 3.05) is 0 Å². The third-order valence-corrected chi connectivity index (χ3v) is 0.869. The second-order valence-electron chi connectivity index (χ2n) is 1.76. The predicted molar refractivity (Wildman–Crippen MR) is 39.3 cm³/mol. The van der Waals surface area contributed by atoms with Gasteiger partial charge in [-0.3, -0.25) is 9.78 Å². The molecule has 2 aromatic rings. The van der Waals surface area contributed by atoms with Crippen molar-refractivity contribution < 1.29 is 0 Å². The van der Waals surface area contributed by atoms with Gasteiger partial charge in [0.05, 0.1) is 0 Å². The average molecular weight is 133 g/mol. The van der Waals surface area contributed by atoms with E-state index in [1.807, 2.05) is 18.2 Å². The first kappa shape index (κ1) is 6.68. The molecule has 50 valence electrons. The summed E-state index contributed by atoms with van der Waals surface area (Å²) in [5.74, 6) is 0. The van der Waals surface area contributed by atoms with Gasteiger partial charge in [0.1, 0.15) is 0 Å². The Morgan fingerprint density at radius 1 is 1.00 bits per heavy atom. The van der Waals surface area contributed by atoms with E-state index in [1.165, 1.54) is 12.1 Å². The zero-order valence-corrected chi connectivity index (χ0v) is 5.40. The first-order chi connectivity index (χ1) is 4.89. The van der Waals surface area contributed by atoms with Gasteiger partial charge in [-0.1, -0.05) is 6.07 Å². The molecule has 0 bridgehead atoms. The molecule has 0 saturated heterocycles. The van der Waals surface area contributed by atoms with E-state index in [1.54, 1.807) is 12.4 Å². The Kier molecular flexibility index (Phi) is 2.38. The van der Waals surface area contributed by atoms with Crippen LogP contribution in [0.15, 0.2) is 47.5 Å². The quantitative estimate of drug-likeness (QED) is 0.536. The molecule has 10 heavy (non-hydrogen) atoms. The molecule has 0 aliphatic heterocycles. The van der Waals surface area contributed by atoms with Crippen LogP contribution in [0.5, 0.6) is 0 Å². The van der Waals surface area contributed by atoms with Crippen LogP contribution in [0.2, 0.25) is 0 Å². The van der Waals surface area contributed by atoms with Crippen molar-refractivity contribution in [1.82, 2.24) is 4.98 Å². The number of hydrogen-bond acceptors (Lipinski definition) is 2. The highest BCUT2D eigenvalue weighted by Gasteiger charge is 1.78. The van der Waals surface area contributed by atoms with Crippen molar-refractivity contribution in [3.8, 4) is 0 Å². The summed E-state index contributed by atoms with van der Waals surface area (Å²) in [5, 5.41) is 0. The van der Waals surface area contributed by atoms with Crippen LogP contribution in [0, 0.1) is 0 Å². The summed E-state index contributed by atoms with van der Waals surface area (Å²) in [6, 6.07) is 8.77. The second kappa shape index (κ2) is 3.56. The molecule has 0 radical (unpaired) electrons. The molecule has 1 aromatic carbocycles. The van der Waals surface area contributed by atoms with Gasteiger partial charge in [-0.05, 0) is 24.3 Å². The van der Waals surface area contributed by atoms with Crippen molar-refractivity contribution in [3.63, 3.8) is 0 Å². The minimum Gasteiger partial charge on any atom is -0.290 e. The zero-order chi connectivity index (χ0) is 7.23. The van der Waals surface area contributed by atoms with Gasteiger partial charge < -0.3 is 0 Å². The van der Waals surface area contributed by atoms with Gasteiger partial charge in [-0.15, -0.1) is 0 Å². The number of pyridine rings is 1. The first-order valence-electron chi connectivity index (χ1n) is 2.96. The van der Waals surface area contributed by atoms with Gasteiger partial charge in [-0.25, -0.2) is 0 Å². The number of nitrogens with zero attached hydrogens (tertiary/aromatic N) is 1. The minimum absolute atomic E-state index is 0.167. The number of hydrogen-bond donors (Lipinski definition) is 0. The Morgan fingerprint density at radius 2 is 1.50 bits per heavy atom. The average Bonchev–Trinajstić information content (AvgIpc) is 2.77. The van der Waals surface area contributed by atoms with Crippen LogP contribution in [0.4, 0.5) is 0 Å². The first-order valence-corrected chi connectivity index (χ1v) is 2.96. The molecule has 0 aliphatic rings. The third kappa shape index (κ3) is 3.55. The Balaban J connectivity index is 0.000000108. The highest BCUT2D eigenvalue weighted by molar-refractivity contribution is 5.00. The predicted octanol–water partition coefficient (Wildman–Crippen LogP) is 1.00. The molecule has 0 aliphatic carbocycles. The van der Waals surface area contributed by atoms with Crippen LogP contribution in [-0.2, 0) is 0 Å². The lowest BCUT2D eigenvalue weighted by Crippen LogP contribution is -1.61. The van der Waals surface area contributed by atoms with Crippen LogP contribution < -0.4 is 5.43 Å². The molecule has 0 unspecified atom stereocenters. The summed E-state index contributed by atoms with van der Waals surface area (Å²) >= 11 is 0. The minimum atomic E-state index is 0.167. The molecule has 1 heterocycles. The van der Waals surface area contributed by atoms with Gasteiger partial charge in [0.2, 0.25) is 0 Å². The summed E-state index contributed by atoms with van der Waals surface area (Å²) in [5.41, 5.74) is 0.167. The van der Waals surface area contributed by atoms with E-state index in [0.717, 1.165) is 0 Å². The topological polar surface area (TPSA) is 30.0 Å². The molecule has 0 atom stereocenters. The molecule has 0 amide bonds. The Bertz CT molecular complexity index is 231. The highest BCUT2D eigenvalue weighted by atomic mass is 16.1. The summed E-state index contributed by atoms with van der Waals surface area (Å²) < 4.78 is 0. The van der Waals surface area contributed by atoms with Gasteiger partial charge in [0.15, 0.2) is 5.43 Å². The summed E-state index contributed by atoms with van der Waals surface area (Å²) in [6.45, 7) is 0. The fourth-order valence-electron chi connectivity index (χ4n) is 0.347. The lowest BCUT2D eigenvalue weighted by atomic mass is 10.5. The van der Waals surface area contributed by atoms with Gasteiger partial charge in [0, 0.05) is 12.4 Å². The molecule has 0 saturated carbocycles. The van der Waals surface area contributed by atoms with Crippen molar-refractivity contribution >= 4 is 0 Å². The maximum atomic E-state index is 9.44. The second-order valence-corrected chi connectivity index (χ2v) is 1.76. The fourth-order valence-corrected chi connectivity index (χ4v) is 0.347. The van der Waals surface area contributed by atoms with Crippen LogP contribution in [0.25, 0.3) is 0 Å². The monoisotopic (exact) mass is 133 g/mol. The van der Waals surface area contributed by atoms with Crippen molar-refractivity contribution in [2.45, 2.75) is 0 Å². The van der Waals surface area contributed by atoms with Gasteiger partial charge in [0.25, 0.3) is 0 Å². The number of rotatable bonds is 0. The fraction of sp³-hybridized carbons (Fsp3) is 0. The van der Waals surface area contributed by atoms with Gasteiger partial charge in [-0.2, -0.15) is 0 Å². The van der Waals surface area contributed by atoms with E-state index in [0.29, 0.717) is 0 Å². The molecule has 0 N–H and O–H groups in total. The van der Waals surface area contributed by atoms with Crippen LogP contribution in [0.1, 0.15) is 0 Å². The molecular formula is C8H7NO. The third-order valence-electron chi connectivity index (χ3n) is 0.869. The summed E-state index contributed by atoms with van der Waals surface area (Å²) in [4.78, 5) is 13.2. The van der Waals surface area contributed by atoms with E-state index in [4.69, 9.17) is 0 Å². The van der Waals surface area contributed by atoms with Crippen LogP contribution in [0.3, 0.4) is 0 Å². The van der Waals surface area contributed by atoms with E-state index >= 15 is 0 Å². The summed E-state index contributed by atoms with van der Waals surface area (Å²) in [7, 11) is 0. The zero-order valence-electron chi connectivity index (χ0n) is 5.40. The van der Waals surface area contributed by atoms with E-state index in [-0.39, 0.29) is 5.43 Å². The van der Waals surface area contributed by atoms with E-state index in [2.05, 4.69) is 4.98 Å². The summed E-state index contributed by atoms with van der Waals surface area (Å²) in [6.07, 6.45) is 3.50. The molecule has 2 heteroatoms. The van der Waals surface area contributed by atoms with Gasteiger partial charge >= 0.3 is 0 Å². The SMILES string of the molecule is O=c1cc1.c1ccncc1. The van der Waals surface area contributed by atoms with E-state index < -0.39 is 0 Å². The molecule has 2 nitrogen and oxygen atoms in total. The standard InChI is InChI=1S/C5H5N.C3H2O/c1-2-4-6-5-3-1;4-3-1-2-3/h1-5H;1-2H.